The molecule has 1 aromatic carbocycles. The van der Waals surface area contributed by atoms with Gasteiger partial charge in [0.1, 0.15) is 11.5 Å². The van der Waals surface area contributed by atoms with E-state index in [1.54, 1.807) is 0 Å². The number of hydrogen-bond donors (Lipinski definition) is 4. The number of H-pyrrole nitrogens is 1. The predicted octanol–water partition coefficient (Wildman–Crippen LogP) is 0.723. The molecule has 0 unspecified atom stereocenters. The van der Waals surface area contributed by atoms with Crippen molar-refractivity contribution in [1.29, 1.82) is 0 Å². The average molecular weight is 247 g/mol. The van der Waals surface area contributed by atoms with E-state index in [-0.39, 0.29) is 16.9 Å². The van der Waals surface area contributed by atoms with Crippen LogP contribution in [0, 0.1) is 0 Å². The zero-order valence-corrected chi connectivity index (χ0v) is 9.04. The Morgan fingerprint density at radius 2 is 1.78 bits per heavy atom. The van der Waals surface area contributed by atoms with Gasteiger partial charge in [0.05, 0.1) is 5.56 Å². The molecule has 0 saturated heterocycles. The number of hydrogen-bond acceptors (Lipinski definition) is 5. The molecule has 1 heterocycles. The minimum absolute atomic E-state index is 0.0581. The van der Waals surface area contributed by atoms with Crippen molar-refractivity contribution in [2.24, 2.45) is 0 Å². The van der Waals surface area contributed by atoms with Gasteiger partial charge in [0.15, 0.2) is 11.7 Å². The van der Waals surface area contributed by atoms with E-state index < -0.39 is 23.0 Å². The zero-order valence-electron chi connectivity index (χ0n) is 9.04. The number of pyridine rings is 1. The first-order valence-corrected chi connectivity index (χ1v) is 4.97. The Bertz CT molecular complexity index is 674. The normalized spacial score (nSPS) is 10.2. The molecule has 0 bridgehead atoms. The number of aromatic nitrogens is 1. The molecule has 92 valence electrons. The van der Waals surface area contributed by atoms with Gasteiger partial charge in [0.2, 0.25) is 0 Å². The van der Waals surface area contributed by atoms with Crippen molar-refractivity contribution in [3.63, 3.8) is 0 Å². The third-order valence-electron chi connectivity index (χ3n) is 2.32. The highest BCUT2D eigenvalue weighted by Gasteiger charge is 2.15. The molecule has 0 amide bonds. The Balaban J connectivity index is 2.51. The van der Waals surface area contributed by atoms with E-state index in [4.69, 9.17) is 5.11 Å². The molecule has 4 N–H and O–H groups in total. The van der Waals surface area contributed by atoms with Crippen LogP contribution in [0.25, 0.3) is 0 Å². The van der Waals surface area contributed by atoms with Gasteiger partial charge in [-0.15, -0.1) is 0 Å². The van der Waals surface area contributed by atoms with Gasteiger partial charge in [-0.1, -0.05) is 0 Å². The third-order valence-corrected chi connectivity index (χ3v) is 2.32. The number of rotatable bonds is 2. The lowest BCUT2D eigenvalue weighted by Gasteiger charge is -2.04. The van der Waals surface area contributed by atoms with Crippen LogP contribution in [0.15, 0.2) is 35.1 Å². The van der Waals surface area contributed by atoms with Gasteiger partial charge in [-0.3, -0.25) is 14.6 Å². The second-order valence-corrected chi connectivity index (χ2v) is 3.65. The summed E-state index contributed by atoms with van der Waals surface area (Å²) >= 11 is 0. The number of ketones is 1. The van der Waals surface area contributed by atoms with Crippen LogP contribution in [0.4, 0.5) is 0 Å². The van der Waals surface area contributed by atoms with Gasteiger partial charge in [0.25, 0.3) is 5.56 Å². The highest BCUT2D eigenvalue weighted by molar-refractivity contribution is 6.10. The second-order valence-electron chi connectivity index (χ2n) is 3.65. The summed E-state index contributed by atoms with van der Waals surface area (Å²) in [6, 6.07) is 5.57. The Morgan fingerprint density at radius 1 is 1.06 bits per heavy atom. The number of nitrogens with one attached hydrogen (secondary N) is 1. The molecule has 6 nitrogen and oxygen atoms in total. The molecule has 0 aliphatic carbocycles. The molecule has 1 aromatic heterocycles. The van der Waals surface area contributed by atoms with Crippen molar-refractivity contribution in [2.75, 3.05) is 0 Å². The van der Waals surface area contributed by atoms with Crippen molar-refractivity contribution in [3.8, 4) is 17.4 Å². The van der Waals surface area contributed by atoms with Crippen LogP contribution in [0.1, 0.15) is 15.9 Å². The van der Waals surface area contributed by atoms with Crippen LogP contribution in [0.2, 0.25) is 0 Å². The summed E-state index contributed by atoms with van der Waals surface area (Å²) in [7, 11) is 0. The molecule has 0 saturated carbocycles. The van der Waals surface area contributed by atoms with Crippen molar-refractivity contribution in [1.82, 2.24) is 4.98 Å². The Labute approximate surface area is 101 Å². The van der Waals surface area contributed by atoms with E-state index in [1.807, 2.05) is 0 Å². The molecule has 18 heavy (non-hydrogen) atoms. The van der Waals surface area contributed by atoms with Crippen LogP contribution in [-0.4, -0.2) is 26.1 Å². The molecule has 0 aliphatic heterocycles. The number of phenols is 2. The first-order chi connectivity index (χ1) is 8.47. The highest BCUT2D eigenvalue weighted by Crippen LogP contribution is 2.25. The molecule has 2 rings (SSSR count). The topological polar surface area (TPSA) is 111 Å². The monoisotopic (exact) mass is 247 g/mol. The number of benzene rings is 1. The van der Waals surface area contributed by atoms with Crippen molar-refractivity contribution >= 4 is 5.78 Å². The number of phenolic OH excluding ortho intramolecular Hbond substituents is 2. The van der Waals surface area contributed by atoms with Crippen molar-refractivity contribution in [2.45, 2.75) is 0 Å². The fourth-order valence-electron chi connectivity index (χ4n) is 1.53. The molecular formula is C12H9NO5. The summed E-state index contributed by atoms with van der Waals surface area (Å²) in [6.07, 6.45) is 0. The third kappa shape index (κ3) is 2.17. The van der Waals surface area contributed by atoms with Gasteiger partial charge in [-0.2, -0.15) is 0 Å². The number of carbonyl (C=O) groups is 1. The summed E-state index contributed by atoms with van der Waals surface area (Å²) in [5, 5.41) is 27.8. The quantitative estimate of drug-likeness (QED) is 0.584. The molecule has 6 heteroatoms. The lowest BCUT2D eigenvalue weighted by atomic mass is 10.0. The zero-order chi connectivity index (χ0) is 13.3. The first-order valence-electron chi connectivity index (χ1n) is 4.97. The van der Waals surface area contributed by atoms with Crippen LogP contribution < -0.4 is 5.56 Å². The van der Waals surface area contributed by atoms with Gasteiger partial charge in [-0.05, 0) is 12.1 Å². The van der Waals surface area contributed by atoms with Gasteiger partial charge >= 0.3 is 0 Å². The van der Waals surface area contributed by atoms with E-state index in [0.29, 0.717) is 0 Å². The summed E-state index contributed by atoms with van der Waals surface area (Å²) in [4.78, 5) is 25.2. The Morgan fingerprint density at radius 3 is 2.39 bits per heavy atom. The number of carbonyl (C=O) groups excluding carboxylic acids is 1. The predicted molar refractivity (Wildman–Crippen MR) is 61.9 cm³/mol. The summed E-state index contributed by atoms with van der Waals surface area (Å²) in [6.45, 7) is 0. The van der Waals surface area contributed by atoms with E-state index in [2.05, 4.69) is 4.98 Å². The molecule has 0 fully saturated rings. The SMILES string of the molecule is O=C(c1cc(O)[nH]c(=O)c1)c1ccc(O)cc1O. The Hall–Kier alpha value is -2.76. The van der Waals surface area contributed by atoms with Crippen molar-refractivity contribution < 1.29 is 20.1 Å². The number of aromatic amines is 1. The maximum atomic E-state index is 12.0. The fourth-order valence-corrected chi connectivity index (χ4v) is 1.53. The van der Waals surface area contributed by atoms with Crippen LogP contribution in [-0.2, 0) is 0 Å². The van der Waals surface area contributed by atoms with Gasteiger partial charge < -0.3 is 15.3 Å². The molecule has 2 aromatic rings. The molecule has 0 aliphatic rings. The average Bonchev–Trinajstić information content (AvgIpc) is 2.26. The van der Waals surface area contributed by atoms with Gasteiger partial charge in [-0.25, -0.2) is 0 Å². The molecule has 0 spiro atoms. The minimum Gasteiger partial charge on any atom is -0.508 e. The largest absolute Gasteiger partial charge is 0.508 e. The summed E-state index contributed by atoms with van der Waals surface area (Å²) in [5.74, 6) is -1.66. The minimum atomic E-state index is -0.631. The molecular weight excluding hydrogens is 238 g/mol. The smallest absolute Gasteiger partial charge is 0.251 e. The first kappa shape index (κ1) is 11.7. The molecule has 0 atom stereocenters. The maximum absolute atomic E-state index is 12.0. The second kappa shape index (κ2) is 4.25. The number of aromatic hydroxyl groups is 3. The van der Waals surface area contributed by atoms with Crippen LogP contribution in [0.5, 0.6) is 17.4 Å². The standard InChI is InChI=1S/C12H9NO5/c14-7-1-2-8(9(15)5-7)12(18)6-3-10(16)13-11(17)4-6/h1-5,14-15H,(H2,13,16,17). The summed E-state index contributed by atoms with van der Waals surface area (Å²) < 4.78 is 0. The van der Waals surface area contributed by atoms with Crippen molar-refractivity contribution in [3.05, 3.63) is 51.8 Å². The lowest BCUT2D eigenvalue weighted by Crippen LogP contribution is -2.10. The maximum Gasteiger partial charge on any atom is 0.251 e. The highest BCUT2D eigenvalue weighted by atomic mass is 16.3. The Kier molecular flexibility index (Phi) is 2.77. The van der Waals surface area contributed by atoms with E-state index in [0.717, 1.165) is 18.2 Å². The molecule has 0 radical (unpaired) electrons. The lowest BCUT2D eigenvalue weighted by molar-refractivity contribution is 0.103. The van der Waals surface area contributed by atoms with Crippen LogP contribution in [0.3, 0.4) is 0 Å². The summed E-state index contributed by atoms with van der Waals surface area (Å²) in [5.41, 5.74) is -0.758. The fraction of sp³-hybridized carbons (Fsp3) is 0. The van der Waals surface area contributed by atoms with E-state index >= 15 is 0 Å². The van der Waals surface area contributed by atoms with Gasteiger partial charge in [0, 0.05) is 23.8 Å². The van der Waals surface area contributed by atoms with E-state index in [9.17, 15) is 19.8 Å². The van der Waals surface area contributed by atoms with E-state index in [1.165, 1.54) is 12.1 Å². The van der Waals surface area contributed by atoms with Crippen LogP contribution >= 0.6 is 0 Å².